The SMILES string of the molecule is [2H]C([2H])(C)C(C)(CC)C(C)(C)C. The van der Waals surface area contributed by atoms with Crippen molar-refractivity contribution in [1.82, 2.24) is 0 Å². The Kier molecular flexibility index (Phi) is 1.97. The van der Waals surface area contributed by atoms with Crippen LogP contribution < -0.4 is 0 Å². The molecule has 0 aromatic carbocycles. The van der Waals surface area contributed by atoms with Crippen LogP contribution in [0.4, 0.5) is 0 Å². The van der Waals surface area contributed by atoms with Gasteiger partial charge in [-0.05, 0) is 10.8 Å². The molecule has 0 heterocycles. The van der Waals surface area contributed by atoms with Crippen LogP contribution in [0.15, 0.2) is 0 Å². The Labute approximate surface area is 68.8 Å². The Hall–Kier alpha value is 0. The second kappa shape index (κ2) is 2.94. The largest absolute Gasteiger partial charge is 0.0648 e. The zero-order valence-corrected chi connectivity index (χ0v) is 8.21. The summed E-state index contributed by atoms with van der Waals surface area (Å²) in [5.41, 5.74) is -0.236. The molecule has 0 aromatic heterocycles. The van der Waals surface area contributed by atoms with E-state index in [0.717, 1.165) is 6.42 Å². The molecule has 10 heavy (non-hydrogen) atoms. The van der Waals surface area contributed by atoms with Crippen molar-refractivity contribution in [2.45, 2.75) is 54.3 Å². The summed E-state index contributed by atoms with van der Waals surface area (Å²) in [5.74, 6) is 0. The third kappa shape index (κ3) is 1.74. The molecule has 1 unspecified atom stereocenters. The van der Waals surface area contributed by atoms with Crippen LogP contribution in [-0.2, 0) is 0 Å². The summed E-state index contributed by atoms with van der Waals surface area (Å²) in [6.45, 7) is 12.1. The van der Waals surface area contributed by atoms with E-state index in [4.69, 9.17) is 2.74 Å². The lowest BCUT2D eigenvalue weighted by Crippen LogP contribution is -2.31. The highest BCUT2D eigenvalue weighted by molar-refractivity contribution is 4.83. The maximum atomic E-state index is 7.81. The zero-order valence-electron chi connectivity index (χ0n) is 10.2. The molecule has 0 aliphatic rings. The van der Waals surface area contributed by atoms with Gasteiger partial charge in [0.25, 0.3) is 0 Å². The molecule has 0 saturated heterocycles. The second-order valence-corrected chi connectivity index (χ2v) is 4.19. The molecule has 62 valence electrons. The summed E-state index contributed by atoms with van der Waals surface area (Å²) < 4.78 is 15.6. The Morgan fingerprint density at radius 1 is 1.10 bits per heavy atom. The topological polar surface area (TPSA) is 0 Å². The van der Waals surface area contributed by atoms with Crippen molar-refractivity contribution in [1.29, 1.82) is 0 Å². The Morgan fingerprint density at radius 2 is 1.50 bits per heavy atom. The van der Waals surface area contributed by atoms with E-state index in [0.29, 0.717) is 0 Å². The summed E-state index contributed by atoms with van der Waals surface area (Å²) in [7, 11) is 0. The van der Waals surface area contributed by atoms with E-state index in [-0.39, 0.29) is 10.8 Å². The van der Waals surface area contributed by atoms with Crippen LogP contribution in [0.5, 0.6) is 0 Å². The van der Waals surface area contributed by atoms with Gasteiger partial charge in [-0.25, -0.2) is 0 Å². The van der Waals surface area contributed by atoms with E-state index in [1.807, 2.05) is 6.92 Å². The first kappa shape index (κ1) is 6.69. The predicted octanol–water partition coefficient (Wildman–Crippen LogP) is 3.86. The second-order valence-electron chi connectivity index (χ2n) is 4.19. The molecule has 0 saturated carbocycles. The highest BCUT2D eigenvalue weighted by Gasteiger charge is 2.33. The number of hydrogen-bond acceptors (Lipinski definition) is 0. The quantitative estimate of drug-likeness (QED) is 0.552. The highest BCUT2D eigenvalue weighted by Crippen LogP contribution is 2.43. The molecule has 0 aromatic rings. The third-order valence-electron chi connectivity index (χ3n) is 2.91. The van der Waals surface area contributed by atoms with Crippen LogP contribution >= 0.6 is 0 Å². The lowest BCUT2D eigenvalue weighted by molar-refractivity contribution is 0.0975. The molecular formula is C10H22. The average Bonchev–Trinajstić information content (AvgIpc) is 1.81. The maximum Gasteiger partial charge on any atom is 0.0269 e. The smallest absolute Gasteiger partial charge is 0.0269 e. The van der Waals surface area contributed by atoms with Crippen LogP contribution in [0.25, 0.3) is 0 Å². The van der Waals surface area contributed by atoms with Crippen molar-refractivity contribution in [3.05, 3.63) is 0 Å². The minimum absolute atomic E-state index is 0.0139. The monoisotopic (exact) mass is 144 g/mol. The average molecular weight is 144 g/mol. The fraction of sp³-hybridized carbons (Fsp3) is 1.00. The molecule has 0 aliphatic carbocycles. The van der Waals surface area contributed by atoms with E-state index in [2.05, 4.69) is 27.7 Å². The lowest BCUT2D eigenvalue weighted by atomic mass is 9.65. The molecule has 0 spiro atoms. The molecule has 0 heteroatoms. The van der Waals surface area contributed by atoms with Crippen molar-refractivity contribution in [3.8, 4) is 0 Å². The molecule has 0 aliphatic heterocycles. The van der Waals surface area contributed by atoms with E-state index in [1.165, 1.54) is 0 Å². The summed E-state index contributed by atoms with van der Waals surface area (Å²) in [4.78, 5) is 0. The Balaban J connectivity index is 4.95. The van der Waals surface area contributed by atoms with Gasteiger partial charge >= 0.3 is 0 Å². The normalized spacial score (nSPS) is 23.0. The van der Waals surface area contributed by atoms with E-state index in [1.54, 1.807) is 6.92 Å². The van der Waals surface area contributed by atoms with Gasteiger partial charge in [-0.1, -0.05) is 54.3 Å². The maximum absolute atomic E-state index is 7.81. The van der Waals surface area contributed by atoms with Crippen LogP contribution in [0.2, 0.25) is 0 Å². The molecule has 0 bridgehead atoms. The molecular weight excluding hydrogens is 120 g/mol. The lowest BCUT2D eigenvalue weighted by Gasteiger charge is -2.40. The Morgan fingerprint density at radius 3 is 1.50 bits per heavy atom. The predicted molar refractivity (Wildman–Crippen MR) is 48.1 cm³/mol. The summed E-state index contributed by atoms with van der Waals surface area (Å²) in [6, 6.07) is 0. The van der Waals surface area contributed by atoms with Gasteiger partial charge in [0.2, 0.25) is 0 Å². The van der Waals surface area contributed by atoms with Gasteiger partial charge in [-0.15, -0.1) is 0 Å². The number of hydrogen-bond donors (Lipinski definition) is 0. The number of rotatable bonds is 2. The van der Waals surface area contributed by atoms with Crippen molar-refractivity contribution in [3.63, 3.8) is 0 Å². The van der Waals surface area contributed by atoms with Gasteiger partial charge < -0.3 is 0 Å². The molecule has 0 amide bonds. The van der Waals surface area contributed by atoms with Gasteiger partial charge in [0.05, 0.1) is 0 Å². The molecule has 0 nitrogen and oxygen atoms in total. The zero-order chi connectivity index (χ0) is 10.2. The molecule has 0 fully saturated rings. The van der Waals surface area contributed by atoms with E-state index < -0.39 is 6.37 Å². The highest BCUT2D eigenvalue weighted by atomic mass is 14.4. The molecule has 1 atom stereocenters. The minimum atomic E-state index is -1.11. The van der Waals surface area contributed by atoms with Crippen molar-refractivity contribution >= 4 is 0 Å². The van der Waals surface area contributed by atoms with Gasteiger partial charge in [-0.3, -0.25) is 0 Å². The fourth-order valence-electron chi connectivity index (χ4n) is 1.08. The van der Waals surface area contributed by atoms with Gasteiger partial charge in [0.1, 0.15) is 0 Å². The van der Waals surface area contributed by atoms with Gasteiger partial charge in [0.15, 0.2) is 0 Å². The van der Waals surface area contributed by atoms with Gasteiger partial charge in [-0.2, -0.15) is 0 Å². The molecule has 0 radical (unpaired) electrons. The first-order valence-corrected chi connectivity index (χ1v) is 4.06. The van der Waals surface area contributed by atoms with Crippen molar-refractivity contribution < 1.29 is 2.74 Å². The summed E-state index contributed by atoms with van der Waals surface area (Å²) in [5, 5.41) is 0. The molecule has 0 rings (SSSR count). The van der Waals surface area contributed by atoms with Crippen molar-refractivity contribution in [2.75, 3.05) is 0 Å². The van der Waals surface area contributed by atoms with Crippen LogP contribution in [0.3, 0.4) is 0 Å². The van der Waals surface area contributed by atoms with Gasteiger partial charge in [0, 0.05) is 2.74 Å². The van der Waals surface area contributed by atoms with Crippen molar-refractivity contribution in [2.24, 2.45) is 10.8 Å². The Bertz CT molecular complexity index is 134. The molecule has 0 N–H and O–H groups in total. The summed E-state index contributed by atoms with van der Waals surface area (Å²) >= 11 is 0. The standard InChI is InChI=1S/C10H22/c1-7-10(6,8-2)9(3,4)5/h7-8H2,1-6H3/i7D2. The van der Waals surface area contributed by atoms with E-state index in [9.17, 15) is 0 Å². The fourth-order valence-corrected chi connectivity index (χ4v) is 1.08. The first-order chi connectivity index (χ1) is 5.06. The van der Waals surface area contributed by atoms with Crippen LogP contribution in [0.1, 0.15) is 57.1 Å². The third-order valence-corrected chi connectivity index (χ3v) is 2.91. The minimum Gasteiger partial charge on any atom is -0.0648 e. The summed E-state index contributed by atoms with van der Waals surface area (Å²) in [6.07, 6.45) is -0.236. The first-order valence-electron chi connectivity index (χ1n) is 5.06. The van der Waals surface area contributed by atoms with Crippen LogP contribution in [-0.4, -0.2) is 0 Å². The van der Waals surface area contributed by atoms with Crippen LogP contribution in [0, 0.1) is 10.8 Å². The van der Waals surface area contributed by atoms with E-state index >= 15 is 0 Å².